The number of esters is 1. The van der Waals surface area contributed by atoms with E-state index >= 15 is 0 Å². The highest BCUT2D eigenvalue weighted by molar-refractivity contribution is 7.16. The molecule has 0 amide bonds. The molecule has 2 atom stereocenters. The van der Waals surface area contributed by atoms with Crippen LogP contribution < -0.4 is 0 Å². The molecule has 5 nitrogen and oxygen atoms in total. The molecule has 1 N–H and O–H groups in total. The van der Waals surface area contributed by atoms with Crippen molar-refractivity contribution < 1.29 is 14.3 Å². The quantitative estimate of drug-likeness (QED) is 0.823. The second kappa shape index (κ2) is 6.69. The van der Waals surface area contributed by atoms with E-state index in [-0.39, 0.29) is 23.8 Å². The summed E-state index contributed by atoms with van der Waals surface area (Å²) in [7, 11) is 0. The lowest BCUT2D eigenvalue weighted by Crippen LogP contribution is -2.32. The van der Waals surface area contributed by atoms with E-state index in [2.05, 4.69) is 0 Å². The Morgan fingerprint density at radius 2 is 2.27 bits per heavy atom. The lowest BCUT2D eigenvalue weighted by molar-refractivity contribution is -0.139. The summed E-state index contributed by atoms with van der Waals surface area (Å²) in [5.41, 5.74) is 0.199. The van der Waals surface area contributed by atoms with Crippen molar-refractivity contribution in [1.29, 1.82) is 10.7 Å². The summed E-state index contributed by atoms with van der Waals surface area (Å²) in [6.07, 6.45) is 0. The highest BCUT2D eigenvalue weighted by Gasteiger charge is 2.43. The molecule has 2 rings (SSSR count). The van der Waals surface area contributed by atoms with Crippen LogP contribution in [0.15, 0.2) is 17.4 Å². The van der Waals surface area contributed by atoms with Crippen molar-refractivity contribution in [1.82, 2.24) is 0 Å². The van der Waals surface area contributed by atoms with E-state index in [4.69, 9.17) is 38.1 Å². The van der Waals surface area contributed by atoms with E-state index in [9.17, 15) is 10.1 Å². The number of halogens is 2. The molecule has 116 valence electrons. The molecule has 0 aliphatic carbocycles. The number of hydrogen-bond acceptors (Lipinski definition) is 6. The van der Waals surface area contributed by atoms with Crippen molar-refractivity contribution in [3.8, 4) is 6.07 Å². The largest absolute Gasteiger partial charge is 0.463 e. The molecule has 2 heterocycles. The van der Waals surface area contributed by atoms with Gasteiger partial charge in [-0.1, -0.05) is 23.2 Å². The van der Waals surface area contributed by atoms with Gasteiger partial charge in [0.05, 0.1) is 33.5 Å². The van der Waals surface area contributed by atoms with Gasteiger partial charge in [0.1, 0.15) is 11.7 Å². The van der Waals surface area contributed by atoms with Gasteiger partial charge in [0.2, 0.25) is 5.90 Å². The van der Waals surface area contributed by atoms with Gasteiger partial charge in [-0.2, -0.15) is 5.26 Å². The zero-order valence-electron chi connectivity index (χ0n) is 11.8. The van der Waals surface area contributed by atoms with Gasteiger partial charge >= 0.3 is 5.97 Å². The van der Waals surface area contributed by atoms with Crippen molar-refractivity contribution in [3.63, 3.8) is 0 Å². The molecule has 1 aromatic rings. The minimum Gasteiger partial charge on any atom is -0.463 e. The summed E-state index contributed by atoms with van der Waals surface area (Å²) in [4.78, 5) is 12.8. The first kappa shape index (κ1) is 16.8. The number of carbonyl (C=O) groups excluding carboxylic acids is 1. The third-order valence-electron chi connectivity index (χ3n) is 3.17. The summed E-state index contributed by atoms with van der Waals surface area (Å²) in [6.45, 7) is 3.44. The number of rotatable bonds is 3. The average Bonchev–Trinajstić information content (AvgIpc) is 2.76. The molecule has 1 aliphatic heterocycles. The summed E-state index contributed by atoms with van der Waals surface area (Å²) < 4.78 is 10.7. The first-order valence-corrected chi connectivity index (χ1v) is 7.96. The Hall–Kier alpha value is -1.55. The van der Waals surface area contributed by atoms with Crippen LogP contribution in [-0.2, 0) is 14.3 Å². The van der Waals surface area contributed by atoms with Gasteiger partial charge in [-0.05, 0) is 19.9 Å². The Balaban J connectivity index is 2.62. The summed E-state index contributed by atoms with van der Waals surface area (Å²) >= 11 is 13.3. The van der Waals surface area contributed by atoms with E-state index in [1.165, 1.54) is 11.3 Å². The third kappa shape index (κ3) is 2.98. The fourth-order valence-electron chi connectivity index (χ4n) is 2.28. The van der Waals surface area contributed by atoms with E-state index in [0.717, 1.165) is 0 Å². The number of nitrogens with zero attached hydrogens (tertiary/aromatic N) is 1. The first-order chi connectivity index (χ1) is 10.4. The molecule has 0 fully saturated rings. The van der Waals surface area contributed by atoms with Gasteiger partial charge in [-0.3, -0.25) is 5.41 Å². The van der Waals surface area contributed by atoms with Crippen LogP contribution in [0.5, 0.6) is 0 Å². The lowest BCUT2D eigenvalue weighted by atomic mass is 9.82. The van der Waals surface area contributed by atoms with Gasteiger partial charge in [0.25, 0.3) is 0 Å². The average molecular weight is 359 g/mol. The molecule has 8 heteroatoms. The van der Waals surface area contributed by atoms with E-state index in [1.54, 1.807) is 19.9 Å². The van der Waals surface area contributed by atoms with Crippen LogP contribution >= 0.6 is 34.5 Å². The minimum absolute atomic E-state index is 0.190. The second-order valence-electron chi connectivity index (χ2n) is 4.50. The number of nitriles is 1. The van der Waals surface area contributed by atoms with Crippen LogP contribution in [0.3, 0.4) is 0 Å². The van der Waals surface area contributed by atoms with Gasteiger partial charge in [-0.15, -0.1) is 11.3 Å². The number of allylic oxidation sites excluding steroid dienone is 1. The van der Waals surface area contributed by atoms with Crippen molar-refractivity contribution in [2.45, 2.75) is 19.8 Å². The standard InChI is InChI=1S/C14H12Cl2N2O3S/c1-3-20-14(19)10-6(2)21-13(18)7(5-17)11(10)12-8(15)4-9(16)22-12/h4,7,11,18H,3H2,1-2H3. The molecule has 1 aromatic heterocycles. The second-order valence-corrected chi connectivity index (χ2v) is 6.63. The number of carbonyl (C=O) groups is 1. The van der Waals surface area contributed by atoms with Crippen molar-refractivity contribution in [2.24, 2.45) is 5.92 Å². The monoisotopic (exact) mass is 358 g/mol. The highest BCUT2D eigenvalue weighted by atomic mass is 35.5. The SMILES string of the molecule is CCOC(=O)C1=C(C)OC(=N)C(C#N)C1c1sc(Cl)cc1Cl. The molecule has 22 heavy (non-hydrogen) atoms. The smallest absolute Gasteiger partial charge is 0.338 e. The van der Waals surface area contributed by atoms with Gasteiger partial charge in [0, 0.05) is 4.88 Å². The van der Waals surface area contributed by atoms with Crippen LogP contribution in [0, 0.1) is 22.7 Å². The van der Waals surface area contributed by atoms with Crippen LogP contribution in [0.25, 0.3) is 0 Å². The van der Waals surface area contributed by atoms with Crippen molar-refractivity contribution >= 4 is 46.4 Å². The fourth-order valence-corrected chi connectivity index (χ4v) is 4.03. The molecule has 0 aromatic carbocycles. The Morgan fingerprint density at radius 1 is 1.59 bits per heavy atom. The normalized spacial score (nSPS) is 21.3. The van der Waals surface area contributed by atoms with Crippen LogP contribution in [0.4, 0.5) is 0 Å². The molecule has 0 spiro atoms. The topological polar surface area (TPSA) is 83.2 Å². The molecule has 1 aliphatic rings. The maximum atomic E-state index is 12.3. The van der Waals surface area contributed by atoms with Crippen molar-refractivity contribution in [2.75, 3.05) is 6.61 Å². The van der Waals surface area contributed by atoms with E-state index < -0.39 is 17.8 Å². The van der Waals surface area contributed by atoms with Crippen LogP contribution in [-0.4, -0.2) is 18.5 Å². The lowest BCUT2D eigenvalue weighted by Gasteiger charge is -2.29. The molecule has 0 bridgehead atoms. The predicted molar refractivity (Wildman–Crippen MR) is 84.3 cm³/mol. The molecular formula is C14H12Cl2N2O3S. The Labute approximate surface area is 141 Å². The summed E-state index contributed by atoms with van der Waals surface area (Å²) in [5.74, 6) is -2.26. The molecule has 0 saturated heterocycles. The van der Waals surface area contributed by atoms with Gasteiger partial charge in [0.15, 0.2) is 0 Å². The number of nitrogens with one attached hydrogen (secondary N) is 1. The van der Waals surface area contributed by atoms with Gasteiger partial charge < -0.3 is 9.47 Å². The number of thiophene rings is 1. The molecular weight excluding hydrogens is 347 g/mol. The minimum atomic E-state index is -0.963. The zero-order valence-corrected chi connectivity index (χ0v) is 14.1. The fraction of sp³-hybridized carbons (Fsp3) is 0.357. The highest BCUT2D eigenvalue weighted by Crippen LogP contribution is 2.46. The van der Waals surface area contributed by atoms with Crippen molar-refractivity contribution in [3.05, 3.63) is 31.6 Å². The van der Waals surface area contributed by atoms with Crippen LogP contribution in [0.1, 0.15) is 24.6 Å². The predicted octanol–water partition coefficient (Wildman–Crippen LogP) is 4.12. The maximum absolute atomic E-state index is 12.3. The third-order valence-corrected chi connectivity index (χ3v) is 4.94. The number of ether oxygens (including phenoxy) is 2. The number of hydrogen-bond donors (Lipinski definition) is 1. The summed E-state index contributed by atoms with van der Waals surface area (Å²) in [5, 5.41) is 17.6. The Bertz CT molecular complexity index is 705. The van der Waals surface area contributed by atoms with Crippen LogP contribution in [0.2, 0.25) is 9.36 Å². The Kier molecular flexibility index (Phi) is 5.12. The maximum Gasteiger partial charge on any atom is 0.338 e. The van der Waals surface area contributed by atoms with E-state index in [0.29, 0.717) is 14.2 Å². The Morgan fingerprint density at radius 3 is 2.77 bits per heavy atom. The molecule has 2 unspecified atom stereocenters. The van der Waals surface area contributed by atoms with E-state index in [1.807, 2.05) is 6.07 Å². The molecule has 0 radical (unpaired) electrons. The first-order valence-electron chi connectivity index (χ1n) is 6.39. The molecule has 0 saturated carbocycles. The van der Waals surface area contributed by atoms with Gasteiger partial charge in [-0.25, -0.2) is 4.79 Å². The summed E-state index contributed by atoms with van der Waals surface area (Å²) in [6, 6.07) is 3.55. The zero-order chi connectivity index (χ0) is 16.4.